The number of hydrogen-bond acceptors (Lipinski definition) is 1. The SMILES string of the molecule is CCC(C)C(c1ccccc1)c1ccc(O)cc1. The molecule has 0 aliphatic rings. The van der Waals surface area contributed by atoms with E-state index in [9.17, 15) is 5.11 Å². The average Bonchev–Trinajstić information content (AvgIpc) is 2.42. The van der Waals surface area contributed by atoms with Crippen molar-refractivity contribution in [2.24, 2.45) is 5.92 Å². The standard InChI is InChI=1S/C17H20O/c1-3-13(2)17(14-7-5-4-6-8-14)15-9-11-16(18)12-10-15/h4-13,17-18H,3H2,1-2H3. The normalized spacial score (nSPS) is 14.1. The van der Waals surface area contributed by atoms with Crippen molar-refractivity contribution in [1.82, 2.24) is 0 Å². The van der Waals surface area contributed by atoms with E-state index in [2.05, 4.69) is 38.1 Å². The summed E-state index contributed by atoms with van der Waals surface area (Å²) < 4.78 is 0. The van der Waals surface area contributed by atoms with E-state index < -0.39 is 0 Å². The van der Waals surface area contributed by atoms with Crippen LogP contribution in [0.15, 0.2) is 54.6 Å². The van der Waals surface area contributed by atoms with Gasteiger partial charge >= 0.3 is 0 Å². The highest BCUT2D eigenvalue weighted by atomic mass is 16.3. The van der Waals surface area contributed by atoms with E-state index in [4.69, 9.17) is 0 Å². The van der Waals surface area contributed by atoms with Gasteiger partial charge in [-0.25, -0.2) is 0 Å². The molecule has 0 radical (unpaired) electrons. The molecule has 0 aliphatic carbocycles. The van der Waals surface area contributed by atoms with Gasteiger partial charge in [-0.1, -0.05) is 62.7 Å². The minimum Gasteiger partial charge on any atom is -0.508 e. The number of hydrogen-bond donors (Lipinski definition) is 1. The fourth-order valence-electron chi connectivity index (χ4n) is 2.43. The zero-order valence-electron chi connectivity index (χ0n) is 11.0. The number of phenols is 1. The Labute approximate surface area is 109 Å². The molecule has 1 N–H and O–H groups in total. The van der Waals surface area contributed by atoms with E-state index in [1.54, 1.807) is 12.1 Å². The molecule has 0 fully saturated rings. The molecule has 0 heterocycles. The molecule has 0 spiro atoms. The van der Waals surface area contributed by atoms with Crippen LogP contribution >= 0.6 is 0 Å². The summed E-state index contributed by atoms with van der Waals surface area (Å²) in [5.74, 6) is 1.31. The third kappa shape index (κ3) is 2.73. The highest BCUT2D eigenvalue weighted by molar-refractivity contribution is 5.36. The molecule has 1 nitrogen and oxygen atoms in total. The second kappa shape index (κ2) is 5.72. The van der Waals surface area contributed by atoms with E-state index in [1.165, 1.54) is 11.1 Å². The Bertz CT molecular complexity index is 473. The first-order valence-corrected chi connectivity index (χ1v) is 6.56. The lowest BCUT2D eigenvalue weighted by molar-refractivity contribution is 0.472. The molecule has 0 aromatic heterocycles. The van der Waals surface area contributed by atoms with E-state index >= 15 is 0 Å². The summed E-state index contributed by atoms with van der Waals surface area (Å²) in [5, 5.41) is 9.40. The van der Waals surface area contributed by atoms with Crippen LogP contribution in [-0.4, -0.2) is 5.11 Å². The molecule has 2 aromatic rings. The molecule has 18 heavy (non-hydrogen) atoms. The molecule has 2 rings (SSSR count). The molecule has 0 saturated carbocycles. The highest BCUT2D eigenvalue weighted by Gasteiger charge is 2.19. The predicted molar refractivity (Wildman–Crippen MR) is 75.8 cm³/mol. The largest absolute Gasteiger partial charge is 0.508 e. The summed E-state index contributed by atoms with van der Waals surface area (Å²) in [7, 11) is 0. The van der Waals surface area contributed by atoms with Crippen molar-refractivity contribution in [1.29, 1.82) is 0 Å². The fourth-order valence-corrected chi connectivity index (χ4v) is 2.43. The zero-order valence-corrected chi connectivity index (χ0v) is 11.0. The van der Waals surface area contributed by atoms with Crippen LogP contribution in [0.25, 0.3) is 0 Å². The summed E-state index contributed by atoms with van der Waals surface area (Å²) in [5.41, 5.74) is 2.62. The van der Waals surface area contributed by atoms with Gasteiger partial charge < -0.3 is 5.11 Å². The van der Waals surface area contributed by atoms with Gasteiger partial charge in [0.25, 0.3) is 0 Å². The van der Waals surface area contributed by atoms with E-state index in [0.29, 0.717) is 17.6 Å². The minimum absolute atomic E-state index is 0.328. The number of aromatic hydroxyl groups is 1. The lowest BCUT2D eigenvalue weighted by atomic mass is 9.80. The number of phenolic OH excluding ortho intramolecular Hbond substituents is 1. The zero-order chi connectivity index (χ0) is 13.0. The van der Waals surface area contributed by atoms with Gasteiger partial charge in [0, 0.05) is 5.92 Å². The van der Waals surface area contributed by atoms with Gasteiger partial charge in [0.2, 0.25) is 0 Å². The first kappa shape index (κ1) is 12.7. The van der Waals surface area contributed by atoms with Crippen molar-refractivity contribution in [3.8, 4) is 5.75 Å². The summed E-state index contributed by atoms with van der Waals surface area (Å²) in [6.07, 6.45) is 1.14. The van der Waals surface area contributed by atoms with Gasteiger partial charge in [0.05, 0.1) is 0 Å². The Hall–Kier alpha value is -1.76. The van der Waals surface area contributed by atoms with Crippen molar-refractivity contribution >= 4 is 0 Å². The molecule has 0 saturated heterocycles. The molecule has 2 atom stereocenters. The van der Waals surface area contributed by atoms with Crippen LogP contribution in [0.3, 0.4) is 0 Å². The van der Waals surface area contributed by atoms with Gasteiger partial charge in [-0.3, -0.25) is 0 Å². The Morgan fingerprint density at radius 1 is 0.889 bits per heavy atom. The van der Waals surface area contributed by atoms with Crippen molar-refractivity contribution < 1.29 is 5.11 Å². The van der Waals surface area contributed by atoms with Gasteiger partial charge in [-0.2, -0.15) is 0 Å². The van der Waals surface area contributed by atoms with Crippen LogP contribution in [-0.2, 0) is 0 Å². The van der Waals surface area contributed by atoms with Gasteiger partial charge in [0.15, 0.2) is 0 Å². The first-order valence-electron chi connectivity index (χ1n) is 6.56. The maximum atomic E-state index is 9.40. The second-order valence-electron chi connectivity index (χ2n) is 4.87. The lowest BCUT2D eigenvalue weighted by Crippen LogP contribution is -2.10. The Kier molecular flexibility index (Phi) is 4.03. The molecular formula is C17H20O. The lowest BCUT2D eigenvalue weighted by Gasteiger charge is -2.24. The molecule has 0 bridgehead atoms. The smallest absolute Gasteiger partial charge is 0.115 e. The predicted octanol–water partition coefficient (Wildman–Crippen LogP) is 4.57. The van der Waals surface area contributed by atoms with Crippen molar-refractivity contribution in [2.45, 2.75) is 26.2 Å². The van der Waals surface area contributed by atoms with Crippen molar-refractivity contribution in [2.75, 3.05) is 0 Å². The molecular weight excluding hydrogens is 220 g/mol. The number of benzene rings is 2. The van der Waals surface area contributed by atoms with Crippen LogP contribution in [0.2, 0.25) is 0 Å². The van der Waals surface area contributed by atoms with E-state index in [0.717, 1.165) is 6.42 Å². The minimum atomic E-state index is 0.328. The van der Waals surface area contributed by atoms with Gasteiger partial charge in [-0.05, 0) is 29.2 Å². The maximum Gasteiger partial charge on any atom is 0.115 e. The molecule has 2 unspecified atom stereocenters. The fraction of sp³-hybridized carbons (Fsp3) is 0.294. The molecule has 1 heteroatoms. The summed E-state index contributed by atoms with van der Waals surface area (Å²) in [4.78, 5) is 0. The van der Waals surface area contributed by atoms with Crippen molar-refractivity contribution in [3.05, 3.63) is 65.7 Å². The quantitative estimate of drug-likeness (QED) is 0.830. The van der Waals surface area contributed by atoms with E-state index in [-0.39, 0.29) is 0 Å². The van der Waals surface area contributed by atoms with Gasteiger partial charge in [0.1, 0.15) is 5.75 Å². The van der Waals surface area contributed by atoms with Crippen LogP contribution in [0.4, 0.5) is 0 Å². The molecule has 94 valence electrons. The monoisotopic (exact) mass is 240 g/mol. The van der Waals surface area contributed by atoms with E-state index in [1.807, 2.05) is 18.2 Å². The Morgan fingerprint density at radius 3 is 2.00 bits per heavy atom. The Balaban J connectivity index is 2.40. The first-order chi connectivity index (χ1) is 8.72. The summed E-state index contributed by atoms with van der Waals surface area (Å²) >= 11 is 0. The highest BCUT2D eigenvalue weighted by Crippen LogP contribution is 2.34. The average molecular weight is 240 g/mol. The Morgan fingerprint density at radius 2 is 1.44 bits per heavy atom. The summed E-state index contributed by atoms with van der Waals surface area (Å²) in [6.45, 7) is 4.51. The molecule has 0 amide bonds. The third-order valence-electron chi connectivity index (χ3n) is 3.62. The maximum absolute atomic E-state index is 9.40. The third-order valence-corrected chi connectivity index (χ3v) is 3.62. The van der Waals surface area contributed by atoms with Crippen LogP contribution in [0, 0.1) is 5.92 Å². The second-order valence-corrected chi connectivity index (χ2v) is 4.87. The topological polar surface area (TPSA) is 20.2 Å². The summed E-state index contributed by atoms with van der Waals surface area (Å²) in [6, 6.07) is 18.2. The molecule has 2 aromatic carbocycles. The van der Waals surface area contributed by atoms with Crippen LogP contribution in [0.1, 0.15) is 37.3 Å². The van der Waals surface area contributed by atoms with Crippen molar-refractivity contribution in [3.63, 3.8) is 0 Å². The van der Waals surface area contributed by atoms with Crippen LogP contribution < -0.4 is 0 Å². The molecule has 0 aliphatic heterocycles. The van der Waals surface area contributed by atoms with Gasteiger partial charge in [-0.15, -0.1) is 0 Å². The number of rotatable bonds is 4. The van der Waals surface area contributed by atoms with Crippen LogP contribution in [0.5, 0.6) is 5.75 Å².